The van der Waals surface area contributed by atoms with Gasteiger partial charge in [0, 0.05) is 12.8 Å². The summed E-state index contributed by atoms with van der Waals surface area (Å²) in [6, 6.07) is 0. The first-order valence-electron chi connectivity index (χ1n) is 21.9. The zero-order valence-electron chi connectivity index (χ0n) is 35.9. The van der Waals surface area contributed by atoms with E-state index in [-0.39, 0.29) is 32.0 Å². The summed E-state index contributed by atoms with van der Waals surface area (Å²) in [6.45, 7) is 4.32. The van der Waals surface area contributed by atoms with Crippen molar-refractivity contribution in [2.75, 3.05) is 47.5 Å². The van der Waals surface area contributed by atoms with Crippen LogP contribution in [0, 0.1) is 0 Å². The third-order valence-electron chi connectivity index (χ3n) is 9.13. The Morgan fingerprint density at radius 3 is 1.53 bits per heavy atom. The van der Waals surface area contributed by atoms with Gasteiger partial charge >= 0.3 is 19.8 Å². The molecule has 10 heteroatoms. The van der Waals surface area contributed by atoms with E-state index in [9.17, 15) is 19.0 Å². The lowest BCUT2D eigenvalue weighted by molar-refractivity contribution is -0.870. The fourth-order valence-electron chi connectivity index (χ4n) is 5.67. The lowest BCUT2D eigenvalue weighted by Crippen LogP contribution is -2.37. The van der Waals surface area contributed by atoms with Crippen molar-refractivity contribution in [3.8, 4) is 0 Å². The van der Waals surface area contributed by atoms with E-state index in [2.05, 4.69) is 50.3 Å². The average molecular weight is 797 g/mol. The van der Waals surface area contributed by atoms with Gasteiger partial charge in [-0.05, 0) is 44.9 Å². The number of esters is 2. The molecular formula is C45H83NO8P+. The van der Waals surface area contributed by atoms with Gasteiger partial charge in [0.15, 0.2) is 6.10 Å². The molecule has 0 rings (SSSR count). The van der Waals surface area contributed by atoms with Crippen molar-refractivity contribution in [1.29, 1.82) is 0 Å². The largest absolute Gasteiger partial charge is 0.472 e. The molecule has 0 aromatic heterocycles. The molecule has 2 atom stereocenters. The van der Waals surface area contributed by atoms with Gasteiger partial charge in [0.25, 0.3) is 0 Å². The van der Waals surface area contributed by atoms with Crippen molar-refractivity contribution < 1.29 is 42.1 Å². The Morgan fingerprint density at radius 1 is 0.564 bits per heavy atom. The number of ether oxygens (including phenoxy) is 2. The first kappa shape index (κ1) is 53.0. The van der Waals surface area contributed by atoms with E-state index in [1.54, 1.807) is 0 Å². The summed E-state index contributed by atoms with van der Waals surface area (Å²) in [5.74, 6) is -0.890. The number of hydrogen-bond acceptors (Lipinski definition) is 7. The van der Waals surface area contributed by atoms with E-state index >= 15 is 0 Å². The number of hydrogen-bond donors (Lipinski definition) is 1. The summed E-state index contributed by atoms with van der Waals surface area (Å²) in [4.78, 5) is 35.3. The smallest absolute Gasteiger partial charge is 0.462 e. The molecule has 0 saturated heterocycles. The van der Waals surface area contributed by atoms with E-state index in [1.807, 2.05) is 33.3 Å². The minimum absolute atomic E-state index is 0.0189. The monoisotopic (exact) mass is 797 g/mol. The molecule has 0 aliphatic rings. The molecule has 0 spiro atoms. The van der Waals surface area contributed by atoms with Crippen LogP contribution in [0.4, 0.5) is 0 Å². The van der Waals surface area contributed by atoms with E-state index in [4.69, 9.17) is 18.5 Å². The van der Waals surface area contributed by atoms with Crippen LogP contribution in [0.5, 0.6) is 0 Å². The standard InChI is InChI=1S/C45H82NO8P/c1-6-8-10-12-14-16-18-20-22-23-24-26-28-30-32-34-36-38-45(48)54-43(42-53-55(49,50)52-40-39-46(3,4)5)41-51-44(47)37-35-33-31-29-27-25-21-19-17-15-13-11-9-7-2/h16,18,22-23,26,28,32,34,43H,6-15,17,19-21,24-25,27,29-31,33,35-42H2,1-5H3/p+1/b18-16-,23-22-,28-26-,34-32-. The van der Waals surface area contributed by atoms with Crippen LogP contribution in [-0.2, 0) is 32.7 Å². The van der Waals surface area contributed by atoms with E-state index in [0.29, 0.717) is 17.4 Å². The SMILES string of the molecule is CCCCCC/C=C\C/C=C\C/C=C\C/C=C\CCC(=O)OC(COC(=O)CCCCCCCCCCCCCCCC)COP(=O)(O)OCC[N+](C)(C)C. The molecule has 1 N–H and O–H groups in total. The molecule has 0 bridgehead atoms. The molecule has 0 aliphatic heterocycles. The molecule has 0 amide bonds. The first-order chi connectivity index (χ1) is 26.5. The average Bonchev–Trinajstić information content (AvgIpc) is 3.13. The van der Waals surface area contributed by atoms with Gasteiger partial charge in [-0.15, -0.1) is 0 Å². The van der Waals surface area contributed by atoms with Crippen LogP contribution in [0.15, 0.2) is 48.6 Å². The van der Waals surface area contributed by atoms with Crippen LogP contribution in [-0.4, -0.2) is 74.9 Å². The van der Waals surface area contributed by atoms with Crippen LogP contribution in [0.3, 0.4) is 0 Å². The summed E-state index contributed by atoms with van der Waals surface area (Å²) in [5.41, 5.74) is 0. The molecule has 0 aromatic carbocycles. The molecule has 2 unspecified atom stereocenters. The zero-order chi connectivity index (χ0) is 40.7. The molecule has 55 heavy (non-hydrogen) atoms. The maximum atomic E-state index is 12.6. The van der Waals surface area contributed by atoms with Crippen molar-refractivity contribution in [2.24, 2.45) is 0 Å². The van der Waals surface area contributed by atoms with Crippen LogP contribution in [0.2, 0.25) is 0 Å². The predicted molar refractivity (Wildman–Crippen MR) is 229 cm³/mol. The molecule has 0 aliphatic carbocycles. The van der Waals surface area contributed by atoms with Crippen LogP contribution in [0.1, 0.15) is 174 Å². The van der Waals surface area contributed by atoms with Gasteiger partial charge in [-0.2, -0.15) is 0 Å². The van der Waals surface area contributed by atoms with Gasteiger partial charge < -0.3 is 18.9 Å². The Kier molecular flexibility index (Phi) is 36.2. The number of allylic oxidation sites excluding steroid dienone is 8. The number of unbranched alkanes of at least 4 members (excludes halogenated alkanes) is 17. The normalized spacial score (nSPS) is 14.1. The fourth-order valence-corrected chi connectivity index (χ4v) is 6.41. The molecule has 0 heterocycles. The van der Waals surface area contributed by atoms with Crippen LogP contribution in [0.25, 0.3) is 0 Å². The van der Waals surface area contributed by atoms with Crippen molar-refractivity contribution in [2.45, 2.75) is 180 Å². The number of phosphoric acid groups is 1. The highest BCUT2D eigenvalue weighted by Crippen LogP contribution is 2.43. The summed E-state index contributed by atoms with van der Waals surface area (Å²) >= 11 is 0. The summed E-state index contributed by atoms with van der Waals surface area (Å²) in [6.07, 6.45) is 43.1. The second-order valence-electron chi connectivity index (χ2n) is 15.7. The number of quaternary nitrogens is 1. The third kappa shape index (κ3) is 41.4. The number of carbonyl (C=O) groups is 2. The highest BCUT2D eigenvalue weighted by Gasteiger charge is 2.27. The van der Waals surface area contributed by atoms with Crippen molar-refractivity contribution in [3.63, 3.8) is 0 Å². The lowest BCUT2D eigenvalue weighted by Gasteiger charge is -2.24. The van der Waals surface area contributed by atoms with E-state index in [0.717, 1.165) is 38.5 Å². The number of carbonyl (C=O) groups excluding carboxylic acids is 2. The Balaban J connectivity index is 4.49. The molecule has 0 fully saturated rings. The predicted octanol–water partition coefficient (Wildman–Crippen LogP) is 12.3. The quantitative estimate of drug-likeness (QED) is 0.0215. The molecule has 9 nitrogen and oxygen atoms in total. The van der Waals surface area contributed by atoms with Gasteiger partial charge in [0.2, 0.25) is 0 Å². The second kappa shape index (κ2) is 37.5. The van der Waals surface area contributed by atoms with Crippen molar-refractivity contribution in [1.82, 2.24) is 0 Å². The lowest BCUT2D eigenvalue weighted by atomic mass is 10.0. The number of nitrogens with zero attached hydrogens (tertiary/aromatic N) is 1. The van der Waals surface area contributed by atoms with Gasteiger partial charge in [-0.1, -0.05) is 165 Å². The number of likely N-dealkylation sites (N-methyl/N-ethyl adjacent to an activating group) is 1. The highest BCUT2D eigenvalue weighted by molar-refractivity contribution is 7.47. The van der Waals surface area contributed by atoms with Gasteiger partial charge in [0.1, 0.15) is 19.8 Å². The first-order valence-corrected chi connectivity index (χ1v) is 23.4. The number of phosphoric ester groups is 1. The fraction of sp³-hybridized carbons (Fsp3) is 0.778. The maximum Gasteiger partial charge on any atom is 0.472 e. The van der Waals surface area contributed by atoms with Crippen molar-refractivity contribution in [3.05, 3.63) is 48.6 Å². The van der Waals surface area contributed by atoms with E-state index < -0.39 is 26.5 Å². The van der Waals surface area contributed by atoms with Crippen LogP contribution >= 0.6 is 7.82 Å². The summed E-state index contributed by atoms with van der Waals surface area (Å²) in [7, 11) is 1.43. The Morgan fingerprint density at radius 2 is 1.02 bits per heavy atom. The highest BCUT2D eigenvalue weighted by atomic mass is 31.2. The maximum absolute atomic E-state index is 12.6. The third-order valence-corrected chi connectivity index (χ3v) is 10.1. The van der Waals surface area contributed by atoms with E-state index in [1.165, 1.54) is 103 Å². The minimum Gasteiger partial charge on any atom is -0.462 e. The van der Waals surface area contributed by atoms with Gasteiger partial charge in [-0.3, -0.25) is 18.6 Å². The summed E-state index contributed by atoms with van der Waals surface area (Å²) < 4.78 is 34.2. The minimum atomic E-state index is -4.39. The Hall–Kier alpha value is -2.03. The molecular weight excluding hydrogens is 713 g/mol. The van der Waals surface area contributed by atoms with Gasteiger partial charge in [0.05, 0.1) is 27.7 Å². The zero-order valence-corrected chi connectivity index (χ0v) is 36.8. The molecule has 0 saturated carbocycles. The van der Waals surface area contributed by atoms with Crippen molar-refractivity contribution >= 4 is 19.8 Å². The topological polar surface area (TPSA) is 108 Å². The molecule has 0 aromatic rings. The number of rotatable bonds is 39. The Bertz CT molecular complexity index is 1080. The van der Waals surface area contributed by atoms with Gasteiger partial charge in [-0.25, -0.2) is 4.57 Å². The summed E-state index contributed by atoms with van der Waals surface area (Å²) in [5, 5.41) is 0. The Labute approximate surface area is 337 Å². The molecule has 320 valence electrons. The second-order valence-corrected chi connectivity index (χ2v) is 17.2. The van der Waals surface area contributed by atoms with Crippen LogP contribution < -0.4 is 0 Å². The molecule has 0 radical (unpaired) electrons.